The molecule has 0 radical (unpaired) electrons. The van der Waals surface area contributed by atoms with E-state index in [1.807, 2.05) is 0 Å². The van der Waals surface area contributed by atoms with Gasteiger partial charge in [-0.05, 0) is 54.8 Å². The van der Waals surface area contributed by atoms with Crippen LogP contribution in [0.4, 0.5) is 23.2 Å². The maximum absolute atomic E-state index is 14.6. The van der Waals surface area contributed by atoms with Crippen LogP contribution in [0.2, 0.25) is 0 Å². The van der Waals surface area contributed by atoms with Crippen LogP contribution in [0.1, 0.15) is 29.5 Å². The summed E-state index contributed by atoms with van der Waals surface area (Å²) in [5, 5.41) is 20.2. The molecule has 1 fully saturated rings. The molecular formula is C22H17F4N7O. The van der Waals surface area contributed by atoms with Crippen molar-refractivity contribution in [3.63, 3.8) is 0 Å². The Morgan fingerprint density at radius 1 is 1.18 bits per heavy atom. The Morgan fingerprint density at radius 2 is 1.97 bits per heavy atom. The fourth-order valence-electron chi connectivity index (χ4n) is 3.87. The number of aryl methyl sites for hydroxylation is 1. The van der Waals surface area contributed by atoms with Gasteiger partial charge in [-0.2, -0.15) is 23.5 Å². The van der Waals surface area contributed by atoms with E-state index in [0.29, 0.717) is 30.3 Å². The van der Waals surface area contributed by atoms with Crippen molar-refractivity contribution in [3.8, 4) is 17.1 Å². The van der Waals surface area contributed by atoms with Crippen molar-refractivity contribution < 1.29 is 22.4 Å². The lowest BCUT2D eigenvalue weighted by molar-refractivity contribution is -0.137. The molecule has 2 aromatic carbocycles. The van der Waals surface area contributed by atoms with Crippen LogP contribution in [-0.2, 0) is 16.4 Å². The van der Waals surface area contributed by atoms with Gasteiger partial charge >= 0.3 is 6.18 Å². The summed E-state index contributed by atoms with van der Waals surface area (Å²) in [4.78, 5) is 13.1. The molecule has 1 amide bonds. The number of tetrazole rings is 1. The van der Waals surface area contributed by atoms with E-state index in [0.717, 1.165) is 16.4 Å². The first-order valence-electron chi connectivity index (χ1n) is 10.3. The second-order valence-electron chi connectivity index (χ2n) is 8.16. The van der Waals surface area contributed by atoms with Gasteiger partial charge in [0.2, 0.25) is 11.7 Å². The van der Waals surface area contributed by atoms with Crippen LogP contribution >= 0.6 is 0 Å². The van der Waals surface area contributed by atoms with Crippen molar-refractivity contribution in [2.45, 2.75) is 31.4 Å². The number of aromatic nitrogens is 6. The number of benzene rings is 2. The molecule has 5 rings (SSSR count). The highest BCUT2D eigenvalue weighted by atomic mass is 19.4. The topological polar surface area (TPSA) is 101 Å². The number of H-pyrrole nitrogens is 1. The molecule has 12 heteroatoms. The summed E-state index contributed by atoms with van der Waals surface area (Å²) in [5.74, 6) is -0.712. The lowest BCUT2D eigenvalue weighted by atomic mass is 9.93. The van der Waals surface area contributed by atoms with Crippen LogP contribution in [0.25, 0.3) is 17.1 Å². The Hall–Kier alpha value is -4.09. The summed E-state index contributed by atoms with van der Waals surface area (Å²) in [5.41, 5.74) is 0.0874. The van der Waals surface area contributed by atoms with Gasteiger partial charge in [0, 0.05) is 17.4 Å². The quantitative estimate of drug-likeness (QED) is 0.425. The number of carbonyl (C=O) groups is 1. The summed E-state index contributed by atoms with van der Waals surface area (Å²) in [7, 11) is 0. The molecule has 0 unspecified atom stereocenters. The minimum atomic E-state index is -4.55. The molecule has 0 aliphatic heterocycles. The van der Waals surface area contributed by atoms with E-state index in [4.69, 9.17) is 0 Å². The highest BCUT2D eigenvalue weighted by molar-refractivity contribution is 6.02. The zero-order chi connectivity index (χ0) is 24.1. The summed E-state index contributed by atoms with van der Waals surface area (Å²) < 4.78 is 54.7. The van der Waals surface area contributed by atoms with Crippen molar-refractivity contribution in [1.82, 2.24) is 30.4 Å². The maximum atomic E-state index is 14.6. The molecule has 1 aliphatic rings. The van der Waals surface area contributed by atoms with Gasteiger partial charge < -0.3 is 5.32 Å². The fraction of sp³-hybridized carbons (Fsp3) is 0.227. The number of halogens is 4. The maximum Gasteiger partial charge on any atom is 0.419 e. The highest BCUT2D eigenvalue weighted by Crippen LogP contribution is 2.50. The minimum Gasteiger partial charge on any atom is -0.325 e. The predicted octanol–water partition coefficient (Wildman–Crippen LogP) is 4.19. The molecule has 0 atom stereocenters. The molecule has 174 valence electrons. The zero-order valence-corrected chi connectivity index (χ0v) is 17.7. The number of hydrogen-bond acceptors (Lipinski definition) is 5. The number of nitrogens with zero attached hydrogens (tertiary/aromatic N) is 5. The first kappa shape index (κ1) is 21.7. The first-order valence-corrected chi connectivity index (χ1v) is 10.3. The third-order valence-electron chi connectivity index (χ3n) is 5.82. The summed E-state index contributed by atoms with van der Waals surface area (Å²) >= 11 is 0. The number of amides is 1. The molecule has 8 nitrogen and oxygen atoms in total. The van der Waals surface area contributed by atoms with Crippen LogP contribution in [0.3, 0.4) is 0 Å². The lowest BCUT2D eigenvalue weighted by Crippen LogP contribution is -2.28. The molecule has 0 bridgehead atoms. The van der Waals surface area contributed by atoms with Crippen molar-refractivity contribution in [3.05, 3.63) is 71.3 Å². The van der Waals surface area contributed by atoms with Crippen LogP contribution in [-0.4, -0.2) is 36.3 Å². The van der Waals surface area contributed by atoms with Gasteiger partial charge in [0.1, 0.15) is 5.82 Å². The van der Waals surface area contributed by atoms with Crippen molar-refractivity contribution in [2.75, 3.05) is 5.32 Å². The summed E-state index contributed by atoms with van der Waals surface area (Å²) in [6, 6.07) is 9.29. The average Bonchev–Trinajstić information content (AvgIpc) is 3.18. The monoisotopic (exact) mass is 471 g/mol. The van der Waals surface area contributed by atoms with Gasteiger partial charge in [0.25, 0.3) is 0 Å². The van der Waals surface area contributed by atoms with Gasteiger partial charge in [0.15, 0.2) is 0 Å². The average molecular weight is 471 g/mol. The molecular weight excluding hydrogens is 454 g/mol. The summed E-state index contributed by atoms with van der Waals surface area (Å²) in [6.45, 7) is 1.77. The Morgan fingerprint density at radius 3 is 2.59 bits per heavy atom. The second kappa shape index (κ2) is 7.75. The number of alkyl halides is 3. The molecule has 0 spiro atoms. The first-order chi connectivity index (χ1) is 16.2. The van der Waals surface area contributed by atoms with Gasteiger partial charge in [-0.25, -0.2) is 9.07 Å². The van der Waals surface area contributed by atoms with E-state index in [2.05, 4.69) is 31.0 Å². The number of carbonyl (C=O) groups excluding carboxylic acids is 1. The third-order valence-corrected chi connectivity index (χ3v) is 5.82. The smallest absolute Gasteiger partial charge is 0.325 e. The van der Waals surface area contributed by atoms with Crippen molar-refractivity contribution in [1.29, 1.82) is 0 Å². The van der Waals surface area contributed by atoms with Gasteiger partial charge in [-0.1, -0.05) is 12.1 Å². The number of hydrogen-bond donors (Lipinski definition) is 2. The van der Waals surface area contributed by atoms with E-state index >= 15 is 0 Å². The van der Waals surface area contributed by atoms with Gasteiger partial charge in [0.05, 0.1) is 28.4 Å². The number of anilines is 1. The Balaban J connectivity index is 1.48. The summed E-state index contributed by atoms with van der Waals surface area (Å²) in [6.07, 6.45) is -1.99. The van der Waals surface area contributed by atoms with E-state index < -0.39 is 23.0 Å². The number of rotatable bonds is 5. The third kappa shape index (κ3) is 3.80. The second-order valence-corrected chi connectivity index (χ2v) is 8.16. The van der Waals surface area contributed by atoms with Crippen molar-refractivity contribution in [2.24, 2.45) is 0 Å². The zero-order valence-electron chi connectivity index (χ0n) is 17.7. The largest absolute Gasteiger partial charge is 0.419 e. The van der Waals surface area contributed by atoms with E-state index in [9.17, 15) is 22.4 Å². The van der Waals surface area contributed by atoms with Crippen LogP contribution in [0.5, 0.6) is 0 Å². The van der Waals surface area contributed by atoms with Gasteiger partial charge in [-0.3, -0.25) is 4.79 Å². The lowest BCUT2D eigenvalue weighted by Gasteiger charge is -2.18. The molecule has 0 saturated heterocycles. The fourth-order valence-corrected chi connectivity index (χ4v) is 3.87. The predicted molar refractivity (Wildman–Crippen MR) is 112 cm³/mol. The molecule has 2 N–H and O–H groups in total. The Labute approximate surface area is 190 Å². The molecule has 34 heavy (non-hydrogen) atoms. The molecule has 2 heterocycles. The number of aromatic amines is 1. The Kier molecular flexibility index (Phi) is 4.95. The van der Waals surface area contributed by atoms with E-state index in [1.165, 1.54) is 24.3 Å². The molecule has 4 aromatic rings. The van der Waals surface area contributed by atoms with E-state index in [-0.39, 0.29) is 23.0 Å². The van der Waals surface area contributed by atoms with Crippen LogP contribution in [0.15, 0.2) is 48.8 Å². The van der Waals surface area contributed by atoms with Crippen LogP contribution in [0, 0.1) is 12.7 Å². The number of nitrogens with one attached hydrogen (secondary N) is 2. The molecule has 1 aliphatic carbocycles. The molecule has 1 saturated carbocycles. The Bertz CT molecular complexity index is 1370. The SMILES string of the molecule is Cc1ccc(C2(C(=O)Nc3ccc(-n4cc(C(F)(F)F)cn4)c(-c4nn[nH]n4)c3)CC2)c(F)c1. The van der Waals surface area contributed by atoms with Gasteiger partial charge in [-0.15, -0.1) is 10.2 Å². The van der Waals surface area contributed by atoms with E-state index in [1.54, 1.807) is 19.1 Å². The van der Waals surface area contributed by atoms with Crippen molar-refractivity contribution >= 4 is 11.6 Å². The van der Waals surface area contributed by atoms with Crippen LogP contribution < -0.4 is 5.32 Å². The normalized spacial score (nSPS) is 14.7. The standard InChI is InChI=1S/C22H17F4N7O/c1-12-2-4-16(17(23)8-12)21(6-7-21)20(34)28-14-3-5-18(15(9-14)19-29-31-32-30-19)33-11-13(10-27-33)22(24,25)26/h2-5,8-11H,6-7H2,1H3,(H,28,34)(H,29,30,31,32). The molecule has 2 aromatic heterocycles. The minimum absolute atomic E-state index is 0.0980. The highest BCUT2D eigenvalue weighted by Gasteiger charge is 2.52.